The van der Waals surface area contributed by atoms with E-state index in [4.69, 9.17) is 23.7 Å². The van der Waals surface area contributed by atoms with Gasteiger partial charge in [0.15, 0.2) is 0 Å². The van der Waals surface area contributed by atoms with E-state index in [1.807, 2.05) is 26.8 Å². The van der Waals surface area contributed by atoms with Gasteiger partial charge in [0, 0.05) is 44.7 Å². The summed E-state index contributed by atoms with van der Waals surface area (Å²) in [6.07, 6.45) is -1.58. The first-order chi connectivity index (χ1) is 13.5. The van der Waals surface area contributed by atoms with E-state index in [0.29, 0.717) is 12.0 Å². The monoisotopic (exact) mass is 482 g/mol. The van der Waals surface area contributed by atoms with E-state index in [2.05, 4.69) is 0 Å². The Balaban J connectivity index is 0.00000300. The molecule has 1 radical (unpaired) electrons. The summed E-state index contributed by atoms with van der Waals surface area (Å²) in [6, 6.07) is 8.89. The van der Waals surface area contributed by atoms with Gasteiger partial charge in [-0.1, -0.05) is 32.0 Å². The SMILES string of the molecule is CC[C@H]1O[CH-]C(OCOC[C@H]2O[C@@H](C)C(C)[C@H]2OC(=O)c2ccccc2)[C@H]1O.[Y]. The Hall–Kier alpha value is -0.406. The van der Waals surface area contributed by atoms with Crippen LogP contribution in [0.15, 0.2) is 30.3 Å². The second-order valence-electron chi connectivity index (χ2n) is 7.30. The molecule has 0 spiro atoms. The molecule has 2 aliphatic heterocycles. The molecule has 2 fully saturated rings. The Bertz CT molecular complexity index is 629. The third-order valence-corrected chi connectivity index (χ3v) is 5.40. The van der Waals surface area contributed by atoms with Gasteiger partial charge in [0.25, 0.3) is 0 Å². The Labute approximate surface area is 197 Å². The average molecular weight is 482 g/mol. The van der Waals surface area contributed by atoms with Crippen molar-refractivity contribution >= 4 is 5.97 Å². The second-order valence-corrected chi connectivity index (χ2v) is 7.30. The second kappa shape index (κ2) is 11.8. The molecule has 0 aromatic heterocycles. The molecular formula is C21H29O7Y-. The summed E-state index contributed by atoms with van der Waals surface area (Å²) < 4.78 is 28.1. The van der Waals surface area contributed by atoms with Crippen molar-refractivity contribution in [3.05, 3.63) is 42.5 Å². The van der Waals surface area contributed by atoms with Gasteiger partial charge in [-0.25, -0.2) is 4.79 Å². The van der Waals surface area contributed by atoms with Crippen LogP contribution in [-0.2, 0) is 56.4 Å². The maximum absolute atomic E-state index is 12.4. The van der Waals surface area contributed by atoms with E-state index in [-0.39, 0.29) is 76.3 Å². The molecular weight excluding hydrogens is 453 g/mol. The van der Waals surface area contributed by atoms with Crippen molar-refractivity contribution in [1.82, 2.24) is 0 Å². The Kier molecular flexibility index (Phi) is 10.2. The molecule has 0 aliphatic carbocycles. The summed E-state index contributed by atoms with van der Waals surface area (Å²) in [6.45, 7) is 7.61. The van der Waals surface area contributed by atoms with Crippen molar-refractivity contribution < 1.29 is 66.3 Å². The van der Waals surface area contributed by atoms with E-state index >= 15 is 0 Å². The summed E-state index contributed by atoms with van der Waals surface area (Å²) >= 11 is 0. The van der Waals surface area contributed by atoms with Crippen LogP contribution in [0.2, 0.25) is 0 Å². The normalized spacial score (nSPS) is 34.0. The van der Waals surface area contributed by atoms with Gasteiger partial charge in [-0.3, -0.25) is 0 Å². The van der Waals surface area contributed by atoms with Crippen LogP contribution < -0.4 is 0 Å². The minimum atomic E-state index is -0.698. The van der Waals surface area contributed by atoms with Gasteiger partial charge in [0.05, 0.1) is 24.4 Å². The van der Waals surface area contributed by atoms with Crippen molar-refractivity contribution in [3.63, 3.8) is 0 Å². The predicted molar refractivity (Wildman–Crippen MR) is 100 cm³/mol. The number of benzene rings is 1. The van der Waals surface area contributed by atoms with Crippen LogP contribution in [0.3, 0.4) is 0 Å². The van der Waals surface area contributed by atoms with Gasteiger partial charge in [-0.15, -0.1) is 0 Å². The number of carbonyl (C=O) groups excluding carboxylic acids is 1. The number of rotatable bonds is 8. The van der Waals surface area contributed by atoms with Crippen molar-refractivity contribution in [2.24, 2.45) is 5.92 Å². The van der Waals surface area contributed by atoms with E-state index in [9.17, 15) is 9.90 Å². The first-order valence-electron chi connectivity index (χ1n) is 9.79. The summed E-state index contributed by atoms with van der Waals surface area (Å²) in [5.41, 5.74) is 0.508. The first kappa shape index (κ1) is 24.9. The number of hydrogen-bond donors (Lipinski definition) is 1. The molecule has 29 heavy (non-hydrogen) atoms. The van der Waals surface area contributed by atoms with E-state index < -0.39 is 18.3 Å². The molecule has 0 amide bonds. The van der Waals surface area contributed by atoms with Crippen molar-refractivity contribution in [2.75, 3.05) is 13.4 Å². The Morgan fingerprint density at radius 3 is 2.59 bits per heavy atom. The number of aliphatic hydroxyl groups excluding tert-OH is 1. The number of esters is 1. The van der Waals surface area contributed by atoms with E-state index in [1.54, 1.807) is 24.3 Å². The minimum Gasteiger partial charge on any atom is -0.545 e. The Morgan fingerprint density at radius 1 is 1.21 bits per heavy atom. The molecule has 1 N–H and O–H groups in total. The molecule has 1 aromatic rings. The fourth-order valence-electron chi connectivity index (χ4n) is 3.48. The third-order valence-electron chi connectivity index (χ3n) is 5.40. The Morgan fingerprint density at radius 2 is 1.93 bits per heavy atom. The van der Waals surface area contributed by atoms with Crippen LogP contribution >= 0.6 is 0 Å². The van der Waals surface area contributed by atoms with Crippen LogP contribution in [0.25, 0.3) is 0 Å². The summed E-state index contributed by atoms with van der Waals surface area (Å²) in [4.78, 5) is 12.4. The van der Waals surface area contributed by atoms with Crippen LogP contribution in [0, 0.1) is 12.5 Å². The van der Waals surface area contributed by atoms with Gasteiger partial charge in [0.1, 0.15) is 19.0 Å². The summed E-state index contributed by atoms with van der Waals surface area (Å²) in [5, 5.41) is 10.1. The summed E-state index contributed by atoms with van der Waals surface area (Å²) in [7, 11) is 0. The molecule has 0 bridgehead atoms. The average Bonchev–Trinajstić information content (AvgIpc) is 3.19. The van der Waals surface area contributed by atoms with Crippen molar-refractivity contribution in [1.29, 1.82) is 0 Å². The zero-order valence-electron chi connectivity index (χ0n) is 17.1. The van der Waals surface area contributed by atoms with Gasteiger partial charge in [-0.05, 0) is 31.6 Å². The van der Waals surface area contributed by atoms with E-state index in [1.165, 1.54) is 6.61 Å². The number of carbonyl (C=O) groups is 1. The maximum atomic E-state index is 12.4. The van der Waals surface area contributed by atoms with Gasteiger partial charge in [-0.2, -0.15) is 6.61 Å². The molecule has 2 saturated heterocycles. The molecule has 2 aliphatic rings. The topological polar surface area (TPSA) is 83.5 Å². The maximum Gasteiger partial charge on any atom is 0.338 e. The van der Waals surface area contributed by atoms with Crippen molar-refractivity contribution in [2.45, 2.75) is 63.8 Å². The van der Waals surface area contributed by atoms with Gasteiger partial charge >= 0.3 is 5.97 Å². The molecule has 2 unspecified atom stereocenters. The first-order valence-corrected chi connectivity index (χ1v) is 9.79. The number of ether oxygens (including phenoxy) is 5. The molecule has 3 rings (SSSR count). The molecule has 159 valence electrons. The van der Waals surface area contributed by atoms with Gasteiger partial charge < -0.3 is 28.8 Å². The van der Waals surface area contributed by atoms with Crippen LogP contribution in [0.1, 0.15) is 37.6 Å². The van der Waals surface area contributed by atoms with Crippen molar-refractivity contribution in [3.8, 4) is 0 Å². The fraction of sp³-hybridized carbons (Fsp3) is 0.619. The fourth-order valence-corrected chi connectivity index (χ4v) is 3.48. The molecule has 1 aromatic carbocycles. The van der Waals surface area contributed by atoms with Crippen LogP contribution in [0.4, 0.5) is 0 Å². The standard InChI is InChI=1S/C21H29O7.Y/c1-4-16-19(22)17(11-25-16)26-12-24-10-18-20(13(2)14(3)27-18)28-21(23)15-8-6-5-7-9-15;/h5-9,11,13-14,16-20,22H,4,10,12H2,1-3H3;/q-1;/t13?,14-,16+,17?,18+,19-,20+;/m0./s1. The molecule has 0 saturated carbocycles. The van der Waals surface area contributed by atoms with Crippen LogP contribution in [-0.4, -0.2) is 61.1 Å². The smallest absolute Gasteiger partial charge is 0.338 e. The predicted octanol–water partition coefficient (Wildman–Crippen LogP) is 2.32. The quantitative estimate of drug-likeness (QED) is 0.264. The summed E-state index contributed by atoms with van der Waals surface area (Å²) in [5.74, 6) is -0.325. The largest absolute Gasteiger partial charge is 0.545 e. The molecule has 7 atom stereocenters. The molecule has 2 heterocycles. The van der Waals surface area contributed by atoms with Crippen LogP contribution in [0.5, 0.6) is 0 Å². The zero-order chi connectivity index (χ0) is 20.1. The molecule has 8 heteroatoms. The minimum absolute atomic E-state index is 0. The number of aliphatic hydroxyl groups is 1. The zero-order valence-corrected chi connectivity index (χ0v) is 19.9. The molecule has 7 nitrogen and oxygen atoms in total. The van der Waals surface area contributed by atoms with Gasteiger partial charge in [0.2, 0.25) is 0 Å². The third kappa shape index (κ3) is 6.29. The van der Waals surface area contributed by atoms with E-state index in [0.717, 1.165) is 0 Å². The number of hydrogen-bond acceptors (Lipinski definition) is 7.